The largest absolute Gasteiger partial charge is 0.491 e. The molecule has 0 saturated heterocycles. The van der Waals surface area contributed by atoms with E-state index >= 15 is 0 Å². The summed E-state index contributed by atoms with van der Waals surface area (Å²) < 4.78 is 41.9. The molecular formula is C23H34O12. The van der Waals surface area contributed by atoms with Gasteiger partial charge in [-0.3, -0.25) is 9.59 Å². The SMILES string of the molecule is CC(=O)OCCOCCOCCOc1cc(OCCOCCOCCOC(C)=O)cc(C(=O)O)c1. The summed E-state index contributed by atoms with van der Waals surface area (Å²) >= 11 is 0. The molecule has 0 amide bonds. The van der Waals surface area contributed by atoms with Gasteiger partial charge in [0, 0.05) is 19.9 Å². The lowest BCUT2D eigenvalue weighted by Crippen LogP contribution is -2.14. The number of aromatic carboxylic acids is 1. The Kier molecular flexibility index (Phi) is 16.7. The van der Waals surface area contributed by atoms with Crippen molar-refractivity contribution in [1.29, 1.82) is 0 Å². The fraction of sp³-hybridized carbons (Fsp3) is 0.609. The van der Waals surface area contributed by atoms with Crippen LogP contribution >= 0.6 is 0 Å². The molecule has 0 atom stereocenters. The standard InChI is InChI=1S/C23H34O12/c1-18(24)32-11-7-28-3-5-30-9-13-34-21-15-20(23(26)27)16-22(17-21)35-14-10-31-6-4-29-8-12-33-19(2)25/h15-17H,3-14H2,1-2H3,(H,26,27). The quantitative estimate of drug-likeness (QED) is 0.191. The minimum absolute atomic E-state index is 0.0293. The second-order valence-corrected chi connectivity index (χ2v) is 6.82. The van der Waals surface area contributed by atoms with Gasteiger partial charge in [-0.25, -0.2) is 4.79 Å². The number of carbonyl (C=O) groups is 3. The summed E-state index contributed by atoms with van der Waals surface area (Å²) in [5.74, 6) is -1.14. The van der Waals surface area contributed by atoms with Crippen LogP contribution in [-0.4, -0.2) is 102 Å². The van der Waals surface area contributed by atoms with Crippen molar-refractivity contribution >= 4 is 17.9 Å². The van der Waals surface area contributed by atoms with Crippen molar-refractivity contribution < 1.29 is 57.4 Å². The fourth-order valence-electron chi connectivity index (χ4n) is 2.43. The lowest BCUT2D eigenvalue weighted by Gasteiger charge is -2.12. The topological polar surface area (TPSA) is 145 Å². The van der Waals surface area contributed by atoms with Crippen LogP contribution in [0.15, 0.2) is 18.2 Å². The van der Waals surface area contributed by atoms with Gasteiger partial charge >= 0.3 is 17.9 Å². The van der Waals surface area contributed by atoms with E-state index in [9.17, 15) is 19.5 Å². The van der Waals surface area contributed by atoms with Crippen LogP contribution in [0.3, 0.4) is 0 Å². The summed E-state index contributed by atoms with van der Waals surface area (Å²) in [4.78, 5) is 32.6. The van der Waals surface area contributed by atoms with E-state index in [4.69, 9.17) is 37.9 Å². The maximum Gasteiger partial charge on any atom is 0.335 e. The molecule has 198 valence electrons. The number of benzene rings is 1. The van der Waals surface area contributed by atoms with E-state index in [-0.39, 0.29) is 57.1 Å². The Labute approximate surface area is 204 Å². The monoisotopic (exact) mass is 502 g/mol. The van der Waals surface area contributed by atoms with Crippen molar-refractivity contribution in [2.45, 2.75) is 13.8 Å². The number of carboxylic acids is 1. The molecule has 0 radical (unpaired) electrons. The highest BCUT2D eigenvalue weighted by molar-refractivity contribution is 5.88. The van der Waals surface area contributed by atoms with Crippen molar-refractivity contribution in [2.24, 2.45) is 0 Å². The zero-order valence-corrected chi connectivity index (χ0v) is 20.2. The fourth-order valence-corrected chi connectivity index (χ4v) is 2.43. The summed E-state index contributed by atoms with van der Waals surface area (Å²) in [7, 11) is 0. The van der Waals surface area contributed by atoms with Gasteiger partial charge < -0.3 is 43.0 Å². The molecule has 0 spiro atoms. The molecular weight excluding hydrogens is 468 g/mol. The average molecular weight is 503 g/mol. The third kappa shape index (κ3) is 17.2. The van der Waals surface area contributed by atoms with Gasteiger partial charge in [0.25, 0.3) is 0 Å². The third-order valence-corrected chi connectivity index (χ3v) is 3.93. The van der Waals surface area contributed by atoms with Crippen molar-refractivity contribution in [2.75, 3.05) is 79.3 Å². The van der Waals surface area contributed by atoms with E-state index in [1.165, 1.54) is 26.0 Å². The first-order valence-corrected chi connectivity index (χ1v) is 11.1. The van der Waals surface area contributed by atoms with E-state index in [0.717, 1.165) is 0 Å². The first-order chi connectivity index (χ1) is 16.9. The summed E-state index contributed by atoms with van der Waals surface area (Å²) in [6, 6.07) is 4.39. The third-order valence-electron chi connectivity index (χ3n) is 3.93. The lowest BCUT2D eigenvalue weighted by molar-refractivity contribution is -0.143. The molecule has 1 rings (SSSR count). The van der Waals surface area contributed by atoms with Crippen molar-refractivity contribution in [1.82, 2.24) is 0 Å². The predicted molar refractivity (Wildman–Crippen MR) is 121 cm³/mol. The number of carboxylic acid groups (broad SMARTS) is 1. The van der Waals surface area contributed by atoms with Crippen LogP contribution in [0.1, 0.15) is 24.2 Å². The normalized spacial score (nSPS) is 10.6. The number of hydrogen-bond donors (Lipinski definition) is 1. The molecule has 0 heterocycles. The Morgan fingerprint density at radius 2 is 0.914 bits per heavy atom. The Morgan fingerprint density at radius 1 is 0.571 bits per heavy atom. The second kappa shape index (κ2) is 19.4. The molecule has 0 aliphatic heterocycles. The van der Waals surface area contributed by atoms with E-state index in [0.29, 0.717) is 51.1 Å². The highest BCUT2D eigenvalue weighted by Crippen LogP contribution is 2.23. The summed E-state index contributed by atoms with van der Waals surface area (Å²) in [5.41, 5.74) is 0.0293. The lowest BCUT2D eigenvalue weighted by atomic mass is 10.2. The van der Waals surface area contributed by atoms with Crippen LogP contribution in [0.25, 0.3) is 0 Å². The Balaban J connectivity index is 2.21. The van der Waals surface area contributed by atoms with Gasteiger partial charge in [-0.2, -0.15) is 0 Å². The van der Waals surface area contributed by atoms with Crippen LogP contribution in [0.5, 0.6) is 11.5 Å². The first kappa shape index (κ1) is 30.1. The van der Waals surface area contributed by atoms with Gasteiger partial charge in [0.2, 0.25) is 0 Å². The number of rotatable bonds is 21. The molecule has 35 heavy (non-hydrogen) atoms. The molecule has 0 saturated carbocycles. The Bertz CT molecular complexity index is 700. The molecule has 0 aliphatic carbocycles. The zero-order valence-electron chi connectivity index (χ0n) is 20.2. The molecule has 12 nitrogen and oxygen atoms in total. The van der Waals surface area contributed by atoms with Crippen molar-refractivity contribution in [3.05, 3.63) is 23.8 Å². The summed E-state index contributed by atoms with van der Waals surface area (Å²) in [5, 5.41) is 9.31. The van der Waals surface area contributed by atoms with Gasteiger partial charge in [0.1, 0.15) is 37.9 Å². The van der Waals surface area contributed by atoms with E-state index in [2.05, 4.69) is 0 Å². The van der Waals surface area contributed by atoms with Crippen LogP contribution in [0.2, 0.25) is 0 Å². The van der Waals surface area contributed by atoms with Gasteiger partial charge in [0.05, 0.1) is 58.4 Å². The molecule has 1 N–H and O–H groups in total. The Morgan fingerprint density at radius 3 is 1.26 bits per heavy atom. The molecule has 1 aromatic rings. The molecule has 0 aromatic heterocycles. The van der Waals surface area contributed by atoms with Gasteiger partial charge in [-0.1, -0.05) is 0 Å². The van der Waals surface area contributed by atoms with Crippen LogP contribution in [0, 0.1) is 0 Å². The minimum Gasteiger partial charge on any atom is -0.491 e. The van der Waals surface area contributed by atoms with Gasteiger partial charge in [-0.15, -0.1) is 0 Å². The molecule has 12 heteroatoms. The zero-order chi connectivity index (χ0) is 25.7. The van der Waals surface area contributed by atoms with Crippen LogP contribution in [0.4, 0.5) is 0 Å². The number of carbonyl (C=O) groups excluding carboxylic acids is 2. The number of esters is 2. The highest BCUT2D eigenvalue weighted by Gasteiger charge is 2.09. The van der Waals surface area contributed by atoms with E-state index in [1.54, 1.807) is 6.07 Å². The second-order valence-electron chi connectivity index (χ2n) is 6.82. The number of hydrogen-bond acceptors (Lipinski definition) is 11. The smallest absolute Gasteiger partial charge is 0.335 e. The van der Waals surface area contributed by atoms with Crippen LogP contribution in [-0.2, 0) is 38.0 Å². The minimum atomic E-state index is -1.11. The van der Waals surface area contributed by atoms with Crippen molar-refractivity contribution in [3.8, 4) is 11.5 Å². The average Bonchev–Trinajstić information content (AvgIpc) is 2.81. The van der Waals surface area contributed by atoms with Gasteiger partial charge in [0.15, 0.2) is 0 Å². The van der Waals surface area contributed by atoms with E-state index in [1.807, 2.05) is 0 Å². The maximum atomic E-state index is 11.4. The number of ether oxygens (including phenoxy) is 8. The summed E-state index contributed by atoms with van der Waals surface area (Å²) in [6.45, 7) is 5.96. The first-order valence-electron chi connectivity index (χ1n) is 11.1. The molecule has 0 bridgehead atoms. The summed E-state index contributed by atoms with van der Waals surface area (Å²) in [6.07, 6.45) is 0. The molecule has 0 aliphatic rings. The van der Waals surface area contributed by atoms with Gasteiger partial charge in [-0.05, 0) is 12.1 Å². The predicted octanol–water partition coefficient (Wildman–Crippen LogP) is 1.34. The molecule has 1 aromatic carbocycles. The maximum absolute atomic E-state index is 11.4. The Hall–Kier alpha value is -2.93. The van der Waals surface area contributed by atoms with E-state index < -0.39 is 5.97 Å². The molecule has 0 unspecified atom stereocenters. The van der Waals surface area contributed by atoms with Crippen molar-refractivity contribution in [3.63, 3.8) is 0 Å². The van der Waals surface area contributed by atoms with Crippen LogP contribution < -0.4 is 9.47 Å². The molecule has 0 fully saturated rings. The highest BCUT2D eigenvalue weighted by atomic mass is 16.6.